The van der Waals surface area contributed by atoms with Crippen LogP contribution in [0.25, 0.3) is 5.69 Å². The Hall–Kier alpha value is -2.10. The third-order valence-electron chi connectivity index (χ3n) is 3.04. The Morgan fingerprint density at radius 2 is 1.82 bits per heavy atom. The van der Waals surface area contributed by atoms with Gasteiger partial charge in [-0.3, -0.25) is 4.79 Å². The smallest absolute Gasteiger partial charge is 0.414 e. The van der Waals surface area contributed by atoms with Crippen LogP contribution in [0, 0.1) is 0 Å². The van der Waals surface area contributed by atoms with Crippen LogP contribution in [-0.2, 0) is 12.8 Å². The first-order chi connectivity index (χ1) is 8.27. The van der Waals surface area contributed by atoms with Crippen molar-refractivity contribution in [2.45, 2.75) is 19.3 Å². The van der Waals surface area contributed by atoms with Gasteiger partial charge in [0.1, 0.15) is 5.76 Å². The molecule has 86 valence electrons. The van der Waals surface area contributed by atoms with E-state index in [2.05, 4.69) is 0 Å². The Labute approximate surface area is 97.1 Å². The van der Waals surface area contributed by atoms with E-state index in [-0.39, 0.29) is 5.56 Å². The van der Waals surface area contributed by atoms with Crippen molar-refractivity contribution in [3.05, 3.63) is 62.6 Å². The number of fused-ring (bicyclic) bond motifs is 1. The van der Waals surface area contributed by atoms with Crippen LogP contribution in [0.5, 0.6) is 0 Å². The maximum Gasteiger partial charge on any atom is 0.426 e. The molecular formula is C13H11NO3. The van der Waals surface area contributed by atoms with Crippen LogP contribution >= 0.6 is 0 Å². The summed E-state index contributed by atoms with van der Waals surface area (Å²) in [5.74, 6) is -0.0333. The molecule has 0 N–H and O–H groups in total. The molecule has 1 aliphatic rings. The number of rotatable bonds is 1. The minimum Gasteiger partial charge on any atom is -0.414 e. The van der Waals surface area contributed by atoms with E-state index >= 15 is 0 Å². The number of hydrogen-bond acceptors (Lipinski definition) is 3. The lowest BCUT2D eigenvalue weighted by Crippen LogP contribution is -2.33. The normalized spacial score (nSPS) is 13.6. The van der Waals surface area contributed by atoms with Crippen LogP contribution in [-0.4, -0.2) is 4.57 Å². The summed E-state index contributed by atoms with van der Waals surface area (Å²) in [4.78, 5) is 24.0. The Kier molecular flexibility index (Phi) is 2.21. The van der Waals surface area contributed by atoms with Crippen LogP contribution in [0.1, 0.15) is 17.7 Å². The first-order valence-electron chi connectivity index (χ1n) is 5.61. The largest absolute Gasteiger partial charge is 0.426 e. The average molecular weight is 229 g/mol. The Morgan fingerprint density at radius 1 is 1.06 bits per heavy atom. The van der Waals surface area contributed by atoms with Gasteiger partial charge in [0.2, 0.25) is 0 Å². The van der Waals surface area contributed by atoms with Crippen molar-refractivity contribution in [3.8, 4) is 5.69 Å². The highest BCUT2D eigenvalue weighted by Gasteiger charge is 2.21. The van der Waals surface area contributed by atoms with Crippen molar-refractivity contribution < 1.29 is 4.42 Å². The summed E-state index contributed by atoms with van der Waals surface area (Å²) < 4.78 is 6.29. The molecule has 0 radical (unpaired) electrons. The molecule has 0 fully saturated rings. The summed E-state index contributed by atoms with van der Waals surface area (Å²) >= 11 is 0. The average Bonchev–Trinajstić information content (AvgIpc) is 2.78. The summed E-state index contributed by atoms with van der Waals surface area (Å²) in [5, 5.41) is 0. The van der Waals surface area contributed by atoms with E-state index in [0.29, 0.717) is 29.9 Å². The quantitative estimate of drug-likeness (QED) is 0.740. The SMILES string of the molecule is O=c1oc2c(c(=O)n1-c1ccccc1)CCC2. The molecule has 17 heavy (non-hydrogen) atoms. The zero-order valence-corrected chi connectivity index (χ0v) is 9.18. The molecule has 0 spiro atoms. The summed E-state index contributed by atoms with van der Waals surface area (Å²) in [6, 6.07) is 8.85. The molecule has 1 aliphatic carbocycles. The molecule has 0 bridgehead atoms. The first-order valence-corrected chi connectivity index (χ1v) is 5.61. The Bertz CT molecular complexity index is 667. The van der Waals surface area contributed by atoms with Gasteiger partial charge < -0.3 is 4.42 Å². The van der Waals surface area contributed by atoms with E-state index < -0.39 is 5.76 Å². The van der Waals surface area contributed by atoms with Gasteiger partial charge in [-0.2, -0.15) is 0 Å². The van der Waals surface area contributed by atoms with E-state index in [4.69, 9.17) is 4.42 Å². The van der Waals surface area contributed by atoms with Crippen molar-refractivity contribution >= 4 is 0 Å². The first kappa shape index (κ1) is 10.1. The fourth-order valence-corrected chi connectivity index (χ4v) is 2.22. The summed E-state index contributed by atoms with van der Waals surface area (Å²) in [7, 11) is 0. The molecule has 0 unspecified atom stereocenters. The van der Waals surface area contributed by atoms with Gasteiger partial charge in [-0.1, -0.05) is 18.2 Å². The molecular weight excluding hydrogens is 218 g/mol. The van der Waals surface area contributed by atoms with E-state index in [1.54, 1.807) is 24.3 Å². The number of benzene rings is 1. The van der Waals surface area contributed by atoms with E-state index in [1.165, 1.54) is 0 Å². The van der Waals surface area contributed by atoms with Crippen LogP contribution in [0.15, 0.2) is 44.3 Å². The lowest BCUT2D eigenvalue weighted by atomic mass is 10.2. The Morgan fingerprint density at radius 3 is 2.59 bits per heavy atom. The van der Waals surface area contributed by atoms with Gasteiger partial charge in [-0.25, -0.2) is 9.36 Å². The second-order valence-electron chi connectivity index (χ2n) is 4.10. The second-order valence-corrected chi connectivity index (χ2v) is 4.10. The van der Waals surface area contributed by atoms with Gasteiger partial charge in [0.25, 0.3) is 5.56 Å². The Balaban J connectivity index is 2.33. The number of para-hydroxylation sites is 1. The third-order valence-corrected chi connectivity index (χ3v) is 3.04. The van der Waals surface area contributed by atoms with Crippen molar-refractivity contribution in [2.24, 2.45) is 0 Å². The lowest BCUT2D eigenvalue weighted by molar-refractivity contribution is 0.422. The highest BCUT2D eigenvalue weighted by molar-refractivity contribution is 5.33. The third kappa shape index (κ3) is 1.53. The number of hydrogen-bond donors (Lipinski definition) is 0. The molecule has 1 heterocycles. The summed E-state index contributed by atoms with van der Waals surface area (Å²) in [6.07, 6.45) is 2.27. The fraction of sp³-hybridized carbons (Fsp3) is 0.231. The molecule has 0 atom stereocenters. The fourth-order valence-electron chi connectivity index (χ4n) is 2.22. The van der Waals surface area contributed by atoms with E-state index in [0.717, 1.165) is 11.0 Å². The van der Waals surface area contributed by atoms with Crippen LogP contribution < -0.4 is 11.3 Å². The molecule has 0 saturated carbocycles. The standard InChI is InChI=1S/C13H11NO3/c15-12-10-7-4-8-11(10)17-13(16)14(12)9-5-2-1-3-6-9/h1-3,5-6H,4,7-8H2. The molecule has 0 aliphatic heterocycles. The second kappa shape index (κ2) is 3.73. The molecule has 0 saturated heterocycles. The minimum atomic E-state index is -0.596. The van der Waals surface area contributed by atoms with Crippen LogP contribution in [0.3, 0.4) is 0 Å². The molecule has 2 aromatic rings. The van der Waals surface area contributed by atoms with Gasteiger partial charge in [0.15, 0.2) is 0 Å². The maximum atomic E-state index is 12.2. The lowest BCUT2D eigenvalue weighted by Gasteiger charge is -2.05. The molecule has 3 rings (SSSR count). The zero-order valence-electron chi connectivity index (χ0n) is 9.18. The number of aryl methyl sites for hydroxylation is 1. The summed E-state index contributed by atoms with van der Waals surface area (Å²) in [5.41, 5.74) is 0.967. The van der Waals surface area contributed by atoms with E-state index in [1.807, 2.05) is 6.07 Å². The molecule has 1 aromatic carbocycles. The zero-order chi connectivity index (χ0) is 11.8. The predicted molar refractivity (Wildman–Crippen MR) is 62.6 cm³/mol. The predicted octanol–water partition coefficient (Wildman–Crippen LogP) is 1.28. The van der Waals surface area contributed by atoms with Crippen molar-refractivity contribution in [1.82, 2.24) is 4.57 Å². The van der Waals surface area contributed by atoms with Crippen LogP contribution in [0.4, 0.5) is 0 Å². The molecule has 4 heteroatoms. The number of aromatic nitrogens is 1. The van der Waals surface area contributed by atoms with Gasteiger partial charge in [0, 0.05) is 6.42 Å². The minimum absolute atomic E-state index is 0.236. The van der Waals surface area contributed by atoms with Gasteiger partial charge in [0.05, 0.1) is 11.3 Å². The van der Waals surface area contributed by atoms with Gasteiger partial charge >= 0.3 is 5.76 Å². The van der Waals surface area contributed by atoms with Crippen molar-refractivity contribution in [2.75, 3.05) is 0 Å². The van der Waals surface area contributed by atoms with Crippen molar-refractivity contribution in [3.63, 3.8) is 0 Å². The number of nitrogens with zero attached hydrogens (tertiary/aromatic N) is 1. The monoisotopic (exact) mass is 229 g/mol. The highest BCUT2D eigenvalue weighted by Crippen LogP contribution is 2.16. The molecule has 4 nitrogen and oxygen atoms in total. The topological polar surface area (TPSA) is 52.2 Å². The highest BCUT2D eigenvalue weighted by atomic mass is 16.4. The van der Waals surface area contributed by atoms with Crippen molar-refractivity contribution in [1.29, 1.82) is 0 Å². The van der Waals surface area contributed by atoms with Gasteiger partial charge in [-0.15, -0.1) is 0 Å². The van der Waals surface area contributed by atoms with E-state index in [9.17, 15) is 9.59 Å². The maximum absolute atomic E-state index is 12.2. The van der Waals surface area contributed by atoms with Crippen LogP contribution in [0.2, 0.25) is 0 Å². The molecule has 0 amide bonds. The summed E-state index contributed by atoms with van der Waals surface area (Å²) in [6.45, 7) is 0. The van der Waals surface area contributed by atoms with Gasteiger partial charge in [-0.05, 0) is 25.0 Å². The molecule has 1 aromatic heterocycles.